The average Bonchev–Trinajstić information content (AvgIpc) is 3.08. The molecular weight excluding hydrogens is 446 g/mol. The molecule has 0 aliphatic carbocycles. The number of hydrogen-bond donors (Lipinski definition) is 1. The average molecular weight is 474 g/mol. The molecule has 2 aliphatic heterocycles. The number of hydrogen-bond acceptors (Lipinski definition) is 6. The van der Waals surface area contributed by atoms with Crippen LogP contribution in [0.15, 0.2) is 36.5 Å². The number of anilines is 1. The SMILES string of the molecule is CON1C=Cc2c(C(=O)N3CCN(C(=O)OC(C)(C)C)CC3)c(Cl)n(-c3ccccc3)c2N1. The first-order valence-corrected chi connectivity index (χ1v) is 11.1. The number of carbonyl (C=O) groups is 2. The number of benzene rings is 1. The summed E-state index contributed by atoms with van der Waals surface area (Å²) < 4.78 is 7.24. The Kier molecular flexibility index (Phi) is 6.27. The monoisotopic (exact) mass is 473 g/mol. The fraction of sp³-hybridized carbons (Fsp3) is 0.391. The minimum absolute atomic E-state index is 0.188. The molecule has 1 saturated heterocycles. The number of ether oxygens (including phenoxy) is 1. The molecular formula is C23H28ClN5O4. The zero-order chi connectivity index (χ0) is 23.8. The van der Waals surface area contributed by atoms with Crippen molar-refractivity contribution in [3.8, 4) is 5.69 Å². The van der Waals surface area contributed by atoms with Gasteiger partial charge in [0.15, 0.2) is 0 Å². The normalized spacial score (nSPS) is 15.8. The minimum atomic E-state index is -0.563. The molecule has 0 saturated carbocycles. The molecule has 33 heavy (non-hydrogen) atoms. The Morgan fingerprint density at radius 3 is 2.27 bits per heavy atom. The molecule has 1 N–H and O–H groups in total. The van der Waals surface area contributed by atoms with Crippen LogP contribution in [-0.2, 0) is 9.57 Å². The molecule has 0 spiro atoms. The first kappa shape index (κ1) is 23.0. The van der Waals surface area contributed by atoms with Crippen LogP contribution in [0, 0.1) is 0 Å². The number of aromatic nitrogens is 1. The van der Waals surface area contributed by atoms with Crippen LogP contribution in [0.5, 0.6) is 0 Å². The van der Waals surface area contributed by atoms with Gasteiger partial charge in [-0.15, -0.1) is 0 Å². The maximum atomic E-state index is 13.6. The van der Waals surface area contributed by atoms with Gasteiger partial charge in [0.2, 0.25) is 0 Å². The molecule has 2 aliphatic rings. The quantitative estimate of drug-likeness (QED) is 0.726. The summed E-state index contributed by atoms with van der Waals surface area (Å²) in [5.41, 5.74) is 4.47. The highest BCUT2D eigenvalue weighted by molar-refractivity contribution is 6.34. The Labute approximate surface area is 198 Å². The zero-order valence-electron chi connectivity index (χ0n) is 19.2. The van der Waals surface area contributed by atoms with Crippen LogP contribution in [0.4, 0.5) is 10.6 Å². The Hall–Kier alpha value is -3.17. The highest BCUT2D eigenvalue weighted by atomic mass is 35.5. The van der Waals surface area contributed by atoms with Crippen LogP contribution >= 0.6 is 11.6 Å². The largest absolute Gasteiger partial charge is 0.444 e. The molecule has 2 aromatic rings. The van der Waals surface area contributed by atoms with Crippen LogP contribution in [0.1, 0.15) is 36.7 Å². The van der Waals surface area contributed by atoms with E-state index in [-0.39, 0.29) is 12.0 Å². The van der Waals surface area contributed by atoms with Gasteiger partial charge in [-0.2, -0.15) is 5.17 Å². The Morgan fingerprint density at radius 1 is 1.03 bits per heavy atom. The maximum absolute atomic E-state index is 13.6. The number of hydrazine groups is 1. The second-order valence-electron chi connectivity index (χ2n) is 8.79. The second-order valence-corrected chi connectivity index (χ2v) is 9.15. The van der Waals surface area contributed by atoms with Crippen molar-refractivity contribution in [3.05, 3.63) is 52.8 Å². The molecule has 1 aromatic heterocycles. The number of rotatable bonds is 3. The highest BCUT2D eigenvalue weighted by Crippen LogP contribution is 2.38. The standard InChI is InChI=1S/C23H28ClN5O4/c1-23(2,3)33-22(31)27-14-12-26(13-15-27)21(30)18-17-10-11-28(32-4)25-20(17)29(19(18)24)16-8-6-5-7-9-16/h5-11,25H,12-15H2,1-4H3. The van der Waals surface area contributed by atoms with Crippen molar-refractivity contribution < 1.29 is 19.2 Å². The number of nitrogens with zero attached hydrogens (tertiary/aromatic N) is 4. The van der Waals surface area contributed by atoms with Crippen molar-refractivity contribution in [2.24, 2.45) is 0 Å². The van der Waals surface area contributed by atoms with E-state index < -0.39 is 5.60 Å². The molecule has 0 bridgehead atoms. The third-order valence-corrected chi connectivity index (χ3v) is 5.74. The summed E-state index contributed by atoms with van der Waals surface area (Å²) >= 11 is 6.81. The van der Waals surface area contributed by atoms with Gasteiger partial charge in [-0.1, -0.05) is 29.8 Å². The summed E-state index contributed by atoms with van der Waals surface area (Å²) in [5, 5.41) is 1.74. The molecule has 0 unspecified atom stereocenters. The summed E-state index contributed by atoms with van der Waals surface area (Å²) in [7, 11) is 1.54. The predicted molar refractivity (Wildman–Crippen MR) is 126 cm³/mol. The lowest BCUT2D eigenvalue weighted by atomic mass is 10.1. The number of halogens is 1. The Morgan fingerprint density at radius 2 is 1.67 bits per heavy atom. The number of carbonyl (C=O) groups excluding carboxylic acids is 2. The fourth-order valence-corrected chi connectivity index (χ4v) is 4.19. The van der Waals surface area contributed by atoms with Gasteiger partial charge in [0.05, 0.1) is 18.9 Å². The second kappa shape index (κ2) is 8.99. The van der Waals surface area contributed by atoms with E-state index in [1.54, 1.807) is 26.6 Å². The van der Waals surface area contributed by atoms with Crippen LogP contribution in [0.25, 0.3) is 11.8 Å². The first-order chi connectivity index (χ1) is 15.7. The van der Waals surface area contributed by atoms with Crippen molar-refractivity contribution in [2.75, 3.05) is 38.7 Å². The van der Waals surface area contributed by atoms with Gasteiger partial charge < -0.3 is 14.5 Å². The van der Waals surface area contributed by atoms with E-state index in [1.807, 2.05) is 51.1 Å². The fourth-order valence-electron chi connectivity index (χ4n) is 3.82. The number of fused-ring (bicyclic) bond motifs is 1. The van der Waals surface area contributed by atoms with E-state index >= 15 is 0 Å². The summed E-state index contributed by atoms with van der Waals surface area (Å²) in [6.45, 7) is 7.07. The van der Waals surface area contributed by atoms with E-state index in [4.69, 9.17) is 21.2 Å². The van der Waals surface area contributed by atoms with Crippen molar-refractivity contribution >= 4 is 35.5 Å². The molecule has 3 heterocycles. The van der Waals surface area contributed by atoms with Gasteiger partial charge in [-0.25, -0.2) is 4.79 Å². The van der Waals surface area contributed by atoms with E-state index in [0.29, 0.717) is 48.3 Å². The van der Waals surface area contributed by atoms with E-state index in [0.717, 1.165) is 5.69 Å². The Balaban J connectivity index is 1.60. The first-order valence-electron chi connectivity index (χ1n) is 10.7. The summed E-state index contributed by atoms with van der Waals surface area (Å²) in [4.78, 5) is 34.6. The number of para-hydroxylation sites is 1. The van der Waals surface area contributed by atoms with Gasteiger partial charge in [-0.3, -0.25) is 19.6 Å². The van der Waals surface area contributed by atoms with E-state index in [2.05, 4.69) is 5.43 Å². The van der Waals surface area contributed by atoms with Gasteiger partial charge in [-0.05, 0) is 39.0 Å². The van der Waals surface area contributed by atoms with Gasteiger partial charge >= 0.3 is 6.09 Å². The van der Waals surface area contributed by atoms with E-state index in [1.165, 1.54) is 12.3 Å². The van der Waals surface area contributed by atoms with Crippen molar-refractivity contribution in [1.29, 1.82) is 0 Å². The van der Waals surface area contributed by atoms with E-state index in [9.17, 15) is 9.59 Å². The molecule has 1 fully saturated rings. The van der Waals surface area contributed by atoms with Gasteiger partial charge in [0.25, 0.3) is 5.91 Å². The van der Waals surface area contributed by atoms with Crippen LogP contribution in [0.3, 0.4) is 0 Å². The van der Waals surface area contributed by atoms with Crippen molar-refractivity contribution in [1.82, 2.24) is 19.5 Å². The number of nitrogens with one attached hydrogen (secondary N) is 1. The molecule has 2 amide bonds. The lowest BCUT2D eigenvalue weighted by molar-refractivity contribution is -0.0658. The lowest BCUT2D eigenvalue weighted by Crippen LogP contribution is -2.51. The molecule has 176 valence electrons. The van der Waals surface area contributed by atoms with Gasteiger partial charge in [0.1, 0.15) is 16.6 Å². The Bertz CT molecular complexity index is 1070. The molecule has 0 radical (unpaired) electrons. The van der Waals surface area contributed by atoms with Crippen LogP contribution in [-0.4, -0.2) is 70.4 Å². The summed E-state index contributed by atoms with van der Waals surface area (Å²) in [5.74, 6) is 0.443. The third-order valence-electron chi connectivity index (χ3n) is 5.39. The third kappa shape index (κ3) is 4.65. The topological polar surface area (TPSA) is 79.3 Å². The van der Waals surface area contributed by atoms with Crippen molar-refractivity contribution in [3.63, 3.8) is 0 Å². The molecule has 10 heteroatoms. The molecule has 4 rings (SSSR count). The highest BCUT2D eigenvalue weighted by Gasteiger charge is 2.34. The molecule has 9 nitrogen and oxygen atoms in total. The summed E-state index contributed by atoms with van der Waals surface area (Å²) in [6.07, 6.45) is 3.11. The molecule has 0 atom stereocenters. The van der Waals surface area contributed by atoms with Gasteiger partial charge in [0, 0.05) is 37.4 Å². The number of amides is 2. The predicted octanol–water partition coefficient (Wildman–Crippen LogP) is 4.00. The lowest BCUT2D eigenvalue weighted by Gasteiger charge is -2.35. The van der Waals surface area contributed by atoms with Crippen LogP contribution in [0.2, 0.25) is 5.15 Å². The smallest absolute Gasteiger partial charge is 0.410 e. The van der Waals surface area contributed by atoms with Crippen LogP contribution < -0.4 is 5.43 Å². The molecule has 1 aromatic carbocycles. The minimum Gasteiger partial charge on any atom is -0.444 e. The number of piperazine rings is 1. The van der Waals surface area contributed by atoms with Crippen molar-refractivity contribution in [2.45, 2.75) is 26.4 Å². The summed E-state index contributed by atoms with van der Waals surface area (Å²) in [6, 6.07) is 9.55. The number of hydroxylamine groups is 1. The zero-order valence-corrected chi connectivity index (χ0v) is 19.9. The maximum Gasteiger partial charge on any atom is 0.410 e.